The zero-order chi connectivity index (χ0) is 10.0. The fourth-order valence-corrected chi connectivity index (χ4v) is 1.11. The van der Waals surface area contributed by atoms with Crippen LogP contribution in [0, 0.1) is 5.82 Å². The quantitative estimate of drug-likeness (QED) is 0.759. The van der Waals surface area contributed by atoms with Gasteiger partial charge in [-0.1, -0.05) is 0 Å². The molecule has 1 heterocycles. The van der Waals surface area contributed by atoms with E-state index < -0.39 is 23.5 Å². The Balaban J connectivity index is 3.41. The zero-order valence-electron chi connectivity index (χ0n) is 6.10. The lowest BCUT2D eigenvalue weighted by Crippen LogP contribution is -2.01. The summed E-state index contributed by atoms with van der Waals surface area (Å²) in [6.07, 6.45) is -1.99. The maximum absolute atomic E-state index is 13.0. The average molecular weight is 254 g/mol. The standard InChI is InChI=1S/C7H3BrF3NO/c8-3-1-12-4(2-13)5(6(3)9)7(10)11/h1-2,7H. The molecular formula is C7H3BrF3NO. The molecular weight excluding hydrogens is 251 g/mol. The molecule has 1 rings (SSSR count). The van der Waals surface area contributed by atoms with E-state index in [0.717, 1.165) is 6.20 Å². The molecule has 0 aliphatic heterocycles. The Morgan fingerprint density at radius 1 is 1.54 bits per heavy atom. The van der Waals surface area contributed by atoms with Gasteiger partial charge in [-0.3, -0.25) is 9.78 Å². The van der Waals surface area contributed by atoms with Crippen molar-refractivity contribution in [3.05, 3.63) is 27.7 Å². The van der Waals surface area contributed by atoms with Crippen molar-refractivity contribution in [2.24, 2.45) is 0 Å². The molecule has 6 heteroatoms. The van der Waals surface area contributed by atoms with Crippen molar-refractivity contribution in [1.29, 1.82) is 0 Å². The summed E-state index contributed by atoms with van der Waals surface area (Å²) in [6, 6.07) is 0. The number of hydrogen-bond donors (Lipinski definition) is 0. The Morgan fingerprint density at radius 3 is 2.62 bits per heavy atom. The molecule has 0 aromatic carbocycles. The van der Waals surface area contributed by atoms with Crippen molar-refractivity contribution in [2.45, 2.75) is 6.43 Å². The number of rotatable bonds is 2. The maximum Gasteiger partial charge on any atom is 0.268 e. The van der Waals surface area contributed by atoms with Crippen LogP contribution < -0.4 is 0 Å². The summed E-state index contributed by atoms with van der Waals surface area (Å²) in [5.41, 5.74) is -1.54. The van der Waals surface area contributed by atoms with Crippen LogP contribution in [0.25, 0.3) is 0 Å². The summed E-state index contributed by atoms with van der Waals surface area (Å²) in [7, 11) is 0. The highest BCUT2D eigenvalue weighted by Gasteiger charge is 2.21. The largest absolute Gasteiger partial charge is 0.296 e. The third-order valence-electron chi connectivity index (χ3n) is 1.37. The first-order chi connectivity index (χ1) is 6.07. The molecule has 2 nitrogen and oxygen atoms in total. The predicted octanol–water partition coefficient (Wildman–Crippen LogP) is 2.73. The molecule has 1 aromatic rings. The highest BCUT2D eigenvalue weighted by atomic mass is 79.9. The van der Waals surface area contributed by atoms with Crippen LogP contribution in [-0.4, -0.2) is 11.3 Å². The van der Waals surface area contributed by atoms with Crippen molar-refractivity contribution >= 4 is 22.2 Å². The first-order valence-electron chi connectivity index (χ1n) is 3.15. The molecule has 0 aliphatic carbocycles. The Labute approximate surface area is 79.9 Å². The van der Waals surface area contributed by atoms with Gasteiger partial charge in [-0.15, -0.1) is 0 Å². The molecule has 0 fully saturated rings. The van der Waals surface area contributed by atoms with Crippen molar-refractivity contribution in [3.63, 3.8) is 0 Å². The Kier molecular flexibility index (Phi) is 3.02. The van der Waals surface area contributed by atoms with Crippen molar-refractivity contribution in [2.75, 3.05) is 0 Å². The molecule has 0 bridgehead atoms. The third kappa shape index (κ3) is 1.88. The average Bonchev–Trinajstić information content (AvgIpc) is 2.08. The Morgan fingerprint density at radius 2 is 2.15 bits per heavy atom. The number of carbonyl (C=O) groups is 1. The summed E-state index contributed by atoms with van der Waals surface area (Å²) in [6.45, 7) is 0. The van der Waals surface area contributed by atoms with Crippen molar-refractivity contribution in [3.8, 4) is 0 Å². The highest BCUT2D eigenvalue weighted by molar-refractivity contribution is 9.10. The minimum Gasteiger partial charge on any atom is -0.296 e. The zero-order valence-corrected chi connectivity index (χ0v) is 7.69. The third-order valence-corrected chi connectivity index (χ3v) is 1.92. The van der Waals surface area contributed by atoms with Crippen LogP contribution in [0.5, 0.6) is 0 Å². The molecule has 70 valence electrons. The van der Waals surface area contributed by atoms with Gasteiger partial charge in [0.2, 0.25) is 0 Å². The number of pyridine rings is 1. The molecule has 1 aromatic heterocycles. The molecule has 0 saturated carbocycles. The monoisotopic (exact) mass is 253 g/mol. The van der Waals surface area contributed by atoms with Crippen LogP contribution >= 0.6 is 15.9 Å². The summed E-state index contributed by atoms with van der Waals surface area (Å²) >= 11 is 2.69. The lowest BCUT2D eigenvalue weighted by Gasteiger charge is -2.04. The SMILES string of the molecule is O=Cc1ncc(Br)c(F)c1C(F)F. The van der Waals surface area contributed by atoms with Gasteiger partial charge in [0.05, 0.1) is 10.0 Å². The molecule has 0 unspecified atom stereocenters. The predicted molar refractivity (Wildman–Crippen MR) is 42.2 cm³/mol. The van der Waals surface area contributed by atoms with Crippen molar-refractivity contribution in [1.82, 2.24) is 4.98 Å². The lowest BCUT2D eigenvalue weighted by molar-refractivity contribution is 0.109. The van der Waals surface area contributed by atoms with Crippen LogP contribution in [0.3, 0.4) is 0 Å². The summed E-state index contributed by atoms with van der Waals surface area (Å²) in [4.78, 5) is 13.6. The lowest BCUT2D eigenvalue weighted by atomic mass is 10.2. The number of aldehydes is 1. The molecule has 0 atom stereocenters. The summed E-state index contributed by atoms with van der Waals surface area (Å²) < 4.78 is 37.2. The van der Waals surface area contributed by atoms with E-state index in [2.05, 4.69) is 20.9 Å². The number of alkyl halides is 2. The van der Waals surface area contributed by atoms with E-state index in [4.69, 9.17) is 0 Å². The topological polar surface area (TPSA) is 30.0 Å². The minimum atomic E-state index is -3.05. The van der Waals surface area contributed by atoms with Crippen molar-refractivity contribution < 1.29 is 18.0 Å². The number of hydrogen-bond acceptors (Lipinski definition) is 2. The summed E-state index contributed by atoms with van der Waals surface area (Å²) in [5, 5.41) is 0. The van der Waals surface area contributed by atoms with E-state index in [0.29, 0.717) is 0 Å². The van der Waals surface area contributed by atoms with Crippen LogP contribution in [0.4, 0.5) is 13.2 Å². The van der Waals surface area contributed by atoms with E-state index in [-0.39, 0.29) is 10.8 Å². The van der Waals surface area contributed by atoms with Gasteiger partial charge < -0.3 is 0 Å². The van der Waals surface area contributed by atoms with E-state index in [1.165, 1.54) is 0 Å². The van der Waals surface area contributed by atoms with E-state index in [9.17, 15) is 18.0 Å². The number of carbonyl (C=O) groups excluding carboxylic acids is 1. The van der Waals surface area contributed by atoms with E-state index >= 15 is 0 Å². The van der Waals surface area contributed by atoms with Gasteiger partial charge in [0.1, 0.15) is 11.5 Å². The molecule has 0 radical (unpaired) electrons. The first-order valence-corrected chi connectivity index (χ1v) is 3.94. The fourth-order valence-electron chi connectivity index (χ4n) is 0.795. The Bertz CT molecular complexity index is 343. The van der Waals surface area contributed by atoms with Crippen LogP contribution in [0.2, 0.25) is 0 Å². The molecule has 0 aliphatic rings. The fraction of sp³-hybridized carbons (Fsp3) is 0.143. The molecule has 0 spiro atoms. The number of aromatic nitrogens is 1. The van der Waals surface area contributed by atoms with E-state index in [1.54, 1.807) is 0 Å². The maximum atomic E-state index is 13.0. The normalized spacial score (nSPS) is 10.5. The number of nitrogens with zero attached hydrogens (tertiary/aromatic N) is 1. The van der Waals surface area contributed by atoms with Crippen LogP contribution in [0.15, 0.2) is 10.7 Å². The van der Waals surface area contributed by atoms with Gasteiger partial charge in [-0.05, 0) is 15.9 Å². The molecule has 0 N–H and O–H groups in total. The first kappa shape index (κ1) is 10.2. The van der Waals surface area contributed by atoms with Crippen LogP contribution in [0.1, 0.15) is 22.5 Å². The van der Waals surface area contributed by atoms with Gasteiger partial charge in [-0.2, -0.15) is 0 Å². The molecule has 13 heavy (non-hydrogen) atoms. The van der Waals surface area contributed by atoms with Gasteiger partial charge >= 0.3 is 0 Å². The minimum absolute atomic E-state index is 0.0943. The Hall–Kier alpha value is -0.910. The highest BCUT2D eigenvalue weighted by Crippen LogP contribution is 2.28. The molecule has 0 amide bonds. The second-order valence-electron chi connectivity index (χ2n) is 2.14. The van der Waals surface area contributed by atoms with Gasteiger partial charge in [0, 0.05) is 6.20 Å². The smallest absolute Gasteiger partial charge is 0.268 e. The second kappa shape index (κ2) is 3.87. The van der Waals surface area contributed by atoms with Gasteiger partial charge in [-0.25, -0.2) is 13.2 Å². The number of halogens is 4. The van der Waals surface area contributed by atoms with E-state index in [1.807, 2.05) is 0 Å². The molecule has 0 saturated heterocycles. The summed E-state index contributed by atoms with van der Waals surface area (Å²) in [5.74, 6) is -1.15. The van der Waals surface area contributed by atoms with Gasteiger partial charge in [0.25, 0.3) is 6.43 Å². The van der Waals surface area contributed by atoms with Crippen LogP contribution in [-0.2, 0) is 0 Å². The van der Waals surface area contributed by atoms with Gasteiger partial charge in [0.15, 0.2) is 6.29 Å². The second-order valence-corrected chi connectivity index (χ2v) is 2.99.